The maximum atomic E-state index is 12.9. The molecular formula is C21H30FN3O2. The van der Waals surface area contributed by atoms with Crippen molar-refractivity contribution in [2.45, 2.75) is 64.0 Å². The van der Waals surface area contributed by atoms with Crippen molar-refractivity contribution in [2.75, 3.05) is 13.1 Å². The highest BCUT2D eigenvalue weighted by molar-refractivity contribution is 5.76. The number of piperidine rings is 1. The van der Waals surface area contributed by atoms with Crippen molar-refractivity contribution in [3.8, 4) is 0 Å². The molecule has 148 valence electrons. The second-order valence-corrected chi connectivity index (χ2v) is 7.82. The number of benzene rings is 1. The molecule has 2 N–H and O–H groups in total. The van der Waals surface area contributed by atoms with Crippen molar-refractivity contribution < 1.29 is 14.0 Å². The third-order valence-corrected chi connectivity index (χ3v) is 5.71. The van der Waals surface area contributed by atoms with E-state index in [2.05, 4.69) is 10.6 Å². The molecule has 2 aliphatic rings. The summed E-state index contributed by atoms with van der Waals surface area (Å²) in [4.78, 5) is 26.4. The molecule has 3 amide bonds. The van der Waals surface area contributed by atoms with Gasteiger partial charge < -0.3 is 15.5 Å². The molecule has 6 heteroatoms. The Bertz CT molecular complexity index is 621. The zero-order chi connectivity index (χ0) is 19.1. The van der Waals surface area contributed by atoms with E-state index in [1.54, 1.807) is 12.1 Å². The maximum absolute atomic E-state index is 12.9. The van der Waals surface area contributed by atoms with Gasteiger partial charge in [-0.05, 0) is 49.3 Å². The molecule has 1 aliphatic heterocycles. The van der Waals surface area contributed by atoms with Gasteiger partial charge in [-0.15, -0.1) is 0 Å². The van der Waals surface area contributed by atoms with Crippen LogP contribution in [0.25, 0.3) is 0 Å². The lowest BCUT2D eigenvalue weighted by Gasteiger charge is -2.33. The fourth-order valence-electron chi connectivity index (χ4n) is 3.99. The maximum Gasteiger partial charge on any atom is 0.317 e. The SMILES string of the molecule is O=C(CC1CCN(C(=O)NC2CCCCC2)CC1)NCc1ccc(F)cc1. The van der Waals surface area contributed by atoms with Crippen LogP contribution in [0, 0.1) is 11.7 Å². The summed E-state index contributed by atoms with van der Waals surface area (Å²) < 4.78 is 12.9. The zero-order valence-corrected chi connectivity index (χ0v) is 15.9. The molecule has 1 aliphatic carbocycles. The lowest BCUT2D eigenvalue weighted by atomic mass is 9.93. The highest BCUT2D eigenvalue weighted by Crippen LogP contribution is 2.22. The summed E-state index contributed by atoms with van der Waals surface area (Å²) in [5.74, 6) is 0.0609. The van der Waals surface area contributed by atoms with E-state index in [9.17, 15) is 14.0 Å². The quantitative estimate of drug-likeness (QED) is 0.826. The van der Waals surface area contributed by atoms with Gasteiger partial charge in [-0.1, -0.05) is 31.4 Å². The number of likely N-dealkylation sites (tertiary alicyclic amines) is 1. The molecule has 1 heterocycles. The Kier molecular flexibility index (Phi) is 7.07. The summed E-state index contributed by atoms with van der Waals surface area (Å²) >= 11 is 0. The summed E-state index contributed by atoms with van der Waals surface area (Å²) in [5.41, 5.74) is 0.888. The highest BCUT2D eigenvalue weighted by Gasteiger charge is 2.26. The van der Waals surface area contributed by atoms with Gasteiger partial charge in [0.1, 0.15) is 5.82 Å². The van der Waals surface area contributed by atoms with Gasteiger partial charge in [0.25, 0.3) is 0 Å². The van der Waals surface area contributed by atoms with Crippen molar-refractivity contribution >= 4 is 11.9 Å². The van der Waals surface area contributed by atoms with Crippen molar-refractivity contribution in [1.82, 2.24) is 15.5 Å². The Hall–Kier alpha value is -2.11. The number of hydrogen-bond donors (Lipinski definition) is 2. The average Bonchev–Trinajstić information content (AvgIpc) is 2.69. The molecule has 0 aromatic heterocycles. The zero-order valence-electron chi connectivity index (χ0n) is 15.9. The van der Waals surface area contributed by atoms with Gasteiger partial charge in [0.05, 0.1) is 0 Å². The number of urea groups is 1. The Balaban J connectivity index is 1.34. The number of amides is 3. The average molecular weight is 375 g/mol. The molecule has 2 fully saturated rings. The van der Waals surface area contributed by atoms with Crippen molar-refractivity contribution in [2.24, 2.45) is 5.92 Å². The molecule has 27 heavy (non-hydrogen) atoms. The fraction of sp³-hybridized carbons (Fsp3) is 0.619. The minimum atomic E-state index is -0.274. The smallest absolute Gasteiger partial charge is 0.317 e. The van der Waals surface area contributed by atoms with Crippen LogP contribution in [0.2, 0.25) is 0 Å². The van der Waals surface area contributed by atoms with E-state index in [-0.39, 0.29) is 17.8 Å². The summed E-state index contributed by atoms with van der Waals surface area (Å²) in [6, 6.07) is 6.55. The largest absolute Gasteiger partial charge is 0.352 e. The van der Waals surface area contributed by atoms with Gasteiger partial charge in [0, 0.05) is 32.1 Å². The predicted molar refractivity (Wildman–Crippen MR) is 103 cm³/mol. The Morgan fingerprint density at radius 1 is 1.00 bits per heavy atom. The van der Waals surface area contributed by atoms with Crippen LogP contribution in [-0.2, 0) is 11.3 Å². The number of halogens is 1. The summed E-state index contributed by atoms with van der Waals surface area (Å²) in [6.45, 7) is 1.85. The first kappa shape index (κ1) is 19.6. The molecule has 0 bridgehead atoms. The van der Waals surface area contributed by atoms with Gasteiger partial charge in [0.15, 0.2) is 0 Å². The third kappa shape index (κ3) is 6.22. The van der Waals surface area contributed by atoms with E-state index in [1.807, 2.05) is 4.90 Å². The van der Waals surface area contributed by atoms with E-state index in [4.69, 9.17) is 0 Å². The molecule has 3 rings (SSSR count). The highest BCUT2D eigenvalue weighted by atomic mass is 19.1. The van der Waals surface area contributed by atoms with E-state index in [1.165, 1.54) is 31.4 Å². The third-order valence-electron chi connectivity index (χ3n) is 5.71. The Morgan fingerprint density at radius 2 is 1.67 bits per heavy atom. The van der Waals surface area contributed by atoms with Crippen molar-refractivity contribution in [3.63, 3.8) is 0 Å². The first-order valence-electron chi connectivity index (χ1n) is 10.2. The van der Waals surface area contributed by atoms with Crippen LogP contribution in [0.1, 0.15) is 56.9 Å². The van der Waals surface area contributed by atoms with Crippen LogP contribution in [0.4, 0.5) is 9.18 Å². The standard InChI is InChI=1S/C21H30FN3O2/c22-18-8-6-17(7-9-18)15-23-20(26)14-16-10-12-25(13-11-16)21(27)24-19-4-2-1-3-5-19/h6-9,16,19H,1-5,10-15H2,(H,23,26)(H,24,27). The van der Waals surface area contributed by atoms with Gasteiger partial charge >= 0.3 is 6.03 Å². The molecule has 1 saturated heterocycles. The minimum absolute atomic E-state index is 0.0180. The van der Waals surface area contributed by atoms with Crippen molar-refractivity contribution in [1.29, 1.82) is 0 Å². The first-order chi connectivity index (χ1) is 13.1. The number of carbonyl (C=O) groups is 2. The van der Waals surface area contributed by atoms with Crippen LogP contribution in [0.5, 0.6) is 0 Å². The topological polar surface area (TPSA) is 61.4 Å². The van der Waals surface area contributed by atoms with Crippen LogP contribution in [0.15, 0.2) is 24.3 Å². The molecule has 0 radical (unpaired) electrons. The molecule has 1 aromatic rings. The van der Waals surface area contributed by atoms with E-state index >= 15 is 0 Å². The lowest BCUT2D eigenvalue weighted by Crippen LogP contribution is -2.48. The van der Waals surface area contributed by atoms with Crippen LogP contribution >= 0.6 is 0 Å². The van der Waals surface area contributed by atoms with Gasteiger partial charge in [-0.2, -0.15) is 0 Å². The summed E-state index contributed by atoms with van der Waals surface area (Å²) in [5, 5.41) is 6.07. The predicted octanol–water partition coefficient (Wildman–Crippen LogP) is 3.59. The van der Waals surface area contributed by atoms with E-state index in [0.29, 0.717) is 38.0 Å². The van der Waals surface area contributed by atoms with Gasteiger partial charge in [-0.3, -0.25) is 4.79 Å². The number of carbonyl (C=O) groups excluding carboxylic acids is 2. The Labute approximate surface area is 160 Å². The minimum Gasteiger partial charge on any atom is -0.352 e. The first-order valence-corrected chi connectivity index (χ1v) is 10.2. The van der Waals surface area contributed by atoms with Crippen LogP contribution in [-0.4, -0.2) is 36.0 Å². The normalized spacial score (nSPS) is 18.9. The molecular weight excluding hydrogens is 345 g/mol. The number of nitrogens with one attached hydrogen (secondary N) is 2. The number of rotatable bonds is 5. The molecule has 0 unspecified atom stereocenters. The summed E-state index contributed by atoms with van der Waals surface area (Å²) in [6.07, 6.45) is 8.09. The second-order valence-electron chi connectivity index (χ2n) is 7.82. The van der Waals surface area contributed by atoms with Crippen LogP contribution in [0.3, 0.4) is 0 Å². The fourth-order valence-corrected chi connectivity index (χ4v) is 3.99. The van der Waals surface area contributed by atoms with E-state index < -0.39 is 0 Å². The molecule has 0 spiro atoms. The molecule has 1 saturated carbocycles. The van der Waals surface area contributed by atoms with Gasteiger partial charge in [0.2, 0.25) is 5.91 Å². The Morgan fingerprint density at radius 3 is 2.33 bits per heavy atom. The second kappa shape index (κ2) is 9.72. The number of nitrogens with zero attached hydrogens (tertiary/aromatic N) is 1. The van der Waals surface area contributed by atoms with Crippen molar-refractivity contribution in [3.05, 3.63) is 35.6 Å². The lowest BCUT2D eigenvalue weighted by molar-refractivity contribution is -0.122. The number of hydrogen-bond acceptors (Lipinski definition) is 2. The molecule has 5 nitrogen and oxygen atoms in total. The molecule has 0 atom stereocenters. The summed E-state index contributed by atoms with van der Waals surface area (Å²) in [7, 11) is 0. The monoisotopic (exact) mass is 375 g/mol. The van der Waals surface area contributed by atoms with Gasteiger partial charge in [-0.25, -0.2) is 9.18 Å². The van der Waals surface area contributed by atoms with E-state index in [0.717, 1.165) is 31.2 Å². The molecule has 1 aromatic carbocycles. The van der Waals surface area contributed by atoms with Crippen LogP contribution < -0.4 is 10.6 Å².